The molecule has 0 aliphatic carbocycles. The summed E-state index contributed by atoms with van der Waals surface area (Å²) in [4.78, 5) is 6.85. The topological polar surface area (TPSA) is 62.4 Å². The van der Waals surface area contributed by atoms with E-state index in [4.69, 9.17) is 5.73 Å². The monoisotopic (exact) mass is 275 g/mol. The van der Waals surface area contributed by atoms with E-state index in [1.165, 1.54) is 18.4 Å². The lowest BCUT2D eigenvalue weighted by Crippen LogP contribution is -2.51. The summed E-state index contributed by atoms with van der Waals surface area (Å²) in [6.07, 6.45) is 8.75. The van der Waals surface area contributed by atoms with E-state index in [0.717, 1.165) is 19.3 Å². The molecule has 0 aromatic carbocycles. The number of fused-ring (bicyclic) bond motifs is 2. The van der Waals surface area contributed by atoms with Crippen molar-refractivity contribution in [3.8, 4) is 0 Å². The summed E-state index contributed by atoms with van der Waals surface area (Å²) in [6, 6.07) is 5.44. The van der Waals surface area contributed by atoms with Crippen LogP contribution in [0, 0.1) is 0 Å². The molecule has 1 aromatic heterocycles. The smallest absolute Gasteiger partial charge is 0.0570 e. The minimum Gasteiger partial charge on any atom is -0.393 e. The second kappa shape index (κ2) is 5.80. The Morgan fingerprint density at radius 2 is 2.10 bits per heavy atom. The van der Waals surface area contributed by atoms with Crippen LogP contribution in [0.2, 0.25) is 0 Å². The number of hydrogen-bond acceptors (Lipinski definition) is 4. The minimum atomic E-state index is -0.129. The Bertz CT molecular complexity index is 425. The molecule has 3 heterocycles. The molecule has 0 radical (unpaired) electrons. The summed E-state index contributed by atoms with van der Waals surface area (Å²) in [7, 11) is 0. The van der Waals surface area contributed by atoms with Gasteiger partial charge in [0, 0.05) is 30.5 Å². The van der Waals surface area contributed by atoms with Gasteiger partial charge in [-0.1, -0.05) is 13.0 Å². The Hall–Kier alpha value is -0.970. The molecular formula is C16H25N3O. The molecule has 2 saturated heterocycles. The van der Waals surface area contributed by atoms with Gasteiger partial charge in [-0.3, -0.25) is 9.88 Å². The molecule has 2 fully saturated rings. The van der Waals surface area contributed by atoms with Crippen molar-refractivity contribution in [2.45, 2.75) is 69.3 Å². The van der Waals surface area contributed by atoms with Crippen LogP contribution >= 0.6 is 0 Å². The molecule has 2 aliphatic heterocycles. The second-order valence-electron chi connectivity index (χ2n) is 6.26. The van der Waals surface area contributed by atoms with Gasteiger partial charge in [0.15, 0.2) is 0 Å². The van der Waals surface area contributed by atoms with Crippen molar-refractivity contribution in [3.63, 3.8) is 0 Å². The number of nitrogens with zero attached hydrogens (tertiary/aromatic N) is 2. The van der Waals surface area contributed by atoms with Crippen molar-refractivity contribution in [2.75, 3.05) is 0 Å². The van der Waals surface area contributed by atoms with E-state index in [1.807, 2.05) is 18.5 Å². The number of rotatable bonds is 4. The Morgan fingerprint density at radius 1 is 1.40 bits per heavy atom. The maximum absolute atomic E-state index is 9.99. The van der Waals surface area contributed by atoms with E-state index in [-0.39, 0.29) is 18.2 Å². The van der Waals surface area contributed by atoms with Crippen LogP contribution < -0.4 is 5.73 Å². The van der Waals surface area contributed by atoms with Gasteiger partial charge in [-0.05, 0) is 43.7 Å². The first-order chi connectivity index (χ1) is 9.70. The van der Waals surface area contributed by atoms with Gasteiger partial charge >= 0.3 is 0 Å². The fourth-order valence-corrected chi connectivity index (χ4v) is 4.05. The SMILES string of the molecule is CCC(N)C(c1cccnc1)N1C2CCC1CC(O)C2. The summed E-state index contributed by atoms with van der Waals surface area (Å²) in [6.45, 7) is 2.15. The van der Waals surface area contributed by atoms with E-state index in [2.05, 4.69) is 22.9 Å². The predicted molar refractivity (Wildman–Crippen MR) is 79.1 cm³/mol. The van der Waals surface area contributed by atoms with Crippen molar-refractivity contribution in [1.29, 1.82) is 0 Å². The zero-order chi connectivity index (χ0) is 14.1. The molecule has 2 bridgehead atoms. The van der Waals surface area contributed by atoms with Crippen LogP contribution in [0.1, 0.15) is 50.6 Å². The van der Waals surface area contributed by atoms with Gasteiger partial charge in [-0.2, -0.15) is 0 Å². The van der Waals surface area contributed by atoms with Crippen LogP contribution in [-0.2, 0) is 0 Å². The van der Waals surface area contributed by atoms with Gasteiger partial charge in [0.1, 0.15) is 0 Å². The lowest BCUT2D eigenvalue weighted by Gasteiger charge is -2.44. The van der Waals surface area contributed by atoms with Crippen molar-refractivity contribution in [1.82, 2.24) is 9.88 Å². The van der Waals surface area contributed by atoms with Crippen LogP contribution in [0.15, 0.2) is 24.5 Å². The first-order valence-electron chi connectivity index (χ1n) is 7.81. The Morgan fingerprint density at radius 3 is 2.65 bits per heavy atom. The molecular weight excluding hydrogens is 250 g/mol. The molecule has 1 aromatic rings. The van der Waals surface area contributed by atoms with Gasteiger partial charge in [-0.25, -0.2) is 0 Å². The zero-order valence-corrected chi connectivity index (χ0v) is 12.2. The second-order valence-corrected chi connectivity index (χ2v) is 6.26. The highest BCUT2D eigenvalue weighted by Crippen LogP contribution is 2.42. The first-order valence-corrected chi connectivity index (χ1v) is 7.81. The molecule has 2 aliphatic rings. The molecule has 3 rings (SSSR count). The van der Waals surface area contributed by atoms with Crippen LogP contribution in [0.5, 0.6) is 0 Å². The lowest BCUT2D eigenvalue weighted by molar-refractivity contribution is 0.00223. The third kappa shape index (κ3) is 2.48. The average molecular weight is 275 g/mol. The molecule has 0 saturated carbocycles. The first kappa shape index (κ1) is 14.0. The maximum atomic E-state index is 9.99. The van der Waals surface area contributed by atoms with Crippen molar-refractivity contribution >= 4 is 0 Å². The molecule has 0 spiro atoms. The molecule has 4 heteroatoms. The van der Waals surface area contributed by atoms with Crippen LogP contribution in [0.4, 0.5) is 0 Å². The van der Waals surface area contributed by atoms with Crippen LogP contribution in [0.3, 0.4) is 0 Å². The third-order valence-corrected chi connectivity index (χ3v) is 4.99. The van der Waals surface area contributed by atoms with E-state index < -0.39 is 0 Å². The Balaban J connectivity index is 1.91. The standard InChI is InChI=1S/C16H25N3O/c1-2-15(17)16(11-4-3-7-18-10-11)19-12-5-6-13(19)9-14(20)8-12/h3-4,7,10,12-16,20H,2,5-6,8-9,17H2,1H3. The largest absolute Gasteiger partial charge is 0.393 e. The van der Waals surface area contributed by atoms with Gasteiger partial charge in [0.2, 0.25) is 0 Å². The number of aliphatic hydroxyl groups excluding tert-OH is 1. The molecule has 0 amide bonds. The Kier molecular flexibility index (Phi) is 4.06. The molecule has 4 nitrogen and oxygen atoms in total. The summed E-state index contributed by atoms with van der Waals surface area (Å²) >= 11 is 0. The van der Waals surface area contributed by atoms with Crippen molar-refractivity contribution in [3.05, 3.63) is 30.1 Å². The molecule has 4 atom stereocenters. The summed E-state index contributed by atoms with van der Waals surface area (Å²) in [5, 5.41) is 9.99. The summed E-state index contributed by atoms with van der Waals surface area (Å²) < 4.78 is 0. The third-order valence-electron chi connectivity index (χ3n) is 4.99. The number of aromatic nitrogens is 1. The minimum absolute atomic E-state index is 0.123. The number of nitrogens with two attached hydrogens (primary N) is 1. The number of hydrogen-bond donors (Lipinski definition) is 2. The highest BCUT2D eigenvalue weighted by Gasteiger charge is 2.45. The quantitative estimate of drug-likeness (QED) is 0.880. The van der Waals surface area contributed by atoms with E-state index >= 15 is 0 Å². The van der Waals surface area contributed by atoms with Gasteiger partial charge in [0.05, 0.1) is 12.1 Å². The fraction of sp³-hybridized carbons (Fsp3) is 0.688. The van der Waals surface area contributed by atoms with E-state index in [0.29, 0.717) is 12.1 Å². The summed E-state index contributed by atoms with van der Waals surface area (Å²) in [5.74, 6) is 0. The van der Waals surface area contributed by atoms with Gasteiger partial charge in [-0.15, -0.1) is 0 Å². The molecule has 20 heavy (non-hydrogen) atoms. The molecule has 110 valence electrons. The van der Waals surface area contributed by atoms with E-state index in [9.17, 15) is 5.11 Å². The van der Waals surface area contributed by atoms with Crippen LogP contribution in [0.25, 0.3) is 0 Å². The van der Waals surface area contributed by atoms with Crippen LogP contribution in [-0.4, -0.2) is 39.2 Å². The number of pyridine rings is 1. The van der Waals surface area contributed by atoms with Gasteiger partial charge < -0.3 is 10.8 Å². The lowest BCUT2D eigenvalue weighted by atomic mass is 9.91. The Labute approximate surface area is 121 Å². The zero-order valence-electron chi connectivity index (χ0n) is 12.2. The highest BCUT2D eigenvalue weighted by atomic mass is 16.3. The number of piperidine rings is 1. The summed E-state index contributed by atoms with van der Waals surface area (Å²) in [5.41, 5.74) is 7.65. The van der Waals surface area contributed by atoms with Crippen molar-refractivity contribution < 1.29 is 5.11 Å². The normalized spacial score (nSPS) is 33.0. The van der Waals surface area contributed by atoms with Gasteiger partial charge in [0.25, 0.3) is 0 Å². The van der Waals surface area contributed by atoms with E-state index in [1.54, 1.807) is 0 Å². The fourth-order valence-electron chi connectivity index (χ4n) is 4.05. The average Bonchev–Trinajstić information content (AvgIpc) is 2.72. The molecule has 4 unspecified atom stereocenters. The van der Waals surface area contributed by atoms with Crippen molar-refractivity contribution in [2.24, 2.45) is 5.73 Å². The molecule has 3 N–H and O–H groups in total. The highest BCUT2D eigenvalue weighted by molar-refractivity contribution is 5.18. The number of aliphatic hydroxyl groups is 1. The maximum Gasteiger partial charge on any atom is 0.0570 e. The predicted octanol–water partition coefficient (Wildman–Crippen LogP) is 1.85.